The van der Waals surface area contributed by atoms with Crippen LogP contribution in [0.4, 0.5) is 5.82 Å². The van der Waals surface area contributed by atoms with Crippen LogP contribution in [0, 0.1) is 5.41 Å². The summed E-state index contributed by atoms with van der Waals surface area (Å²) >= 11 is 0. The van der Waals surface area contributed by atoms with Gasteiger partial charge in [0, 0.05) is 7.05 Å². The average molecular weight is 141 g/mol. The highest BCUT2D eigenvalue weighted by atomic mass is 16.6. The molecule has 0 saturated carbocycles. The van der Waals surface area contributed by atoms with Crippen molar-refractivity contribution in [3.05, 3.63) is 5.69 Å². The largest absolute Gasteiger partial charge is 0.382 e. The van der Waals surface area contributed by atoms with Crippen molar-refractivity contribution in [2.45, 2.75) is 0 Å². The molecule has 0 radical (unpaired) electrons. The predicted molar refractivity (Wildman–Crippen MR) is 34.9 cm³/mol. The fraction of sp³-hybridized carbons (Fsp3) is 0.250. The topological polar surface area (TPSA) is 101 Å². The number of nitrogen functional groups attached to an aromatic ring is 1. The van der Waals surface area contributed by atoms with Crippen molar-refractivity contribution >= 4 is 11.7 Å². The second kappa shape index (κ2) is 2.34. The summed E-state index contributed by atoms with van der Waals surface area (Å²) in [5.74, 6) is 0.220. The zero-order chi connectivity index (χ0) is 7.56. The van der Waals surface area contributed by atoms with Crippen LogP contribution in [0.15, 0.2) is 4.63 Å². The highest BCUT2D eigenvalue weighted by molar-refractivity contribution is 5.97. The van der Waals surface area contributed by atoms with Gasteiger partial charge in [0.15, 0.2) is 5.69 Å². The maximum Gasteiger partial charge on any atom is 0.201 e. The molecule has 6 nitrogen and oxygen atoms in total. The first-order valence-electron chi connectivity index (χ1n) is 2.60. The molecule has 0 aromatic carbocycles. The molecule has 1 rings (SSSR count). The maximum absolute atomic E-state index is 6.97. The minimum Gasteiger partial charge on any atom is -0.382 e. The highest BCUT2D eigenvalue weighted by Gasteiger charge is 2.09. The highest BCUT2D eigenvalue weighted by Crippen LogP contribution is 2.05. The Morgan fingerprint density at radius 1 is 1.70 bits per heavy atom. The van der Waals surface area contributed by atoms with Crippen LogP contribution in [0.1, 0.15) is 5.69 Å². The third-order valence-electron chi connectivity index (χ3n) is 0.980. The van der Waals surface area contributed by atoms with Crippen LogP contribution in [0.3, 0.4) is 0 Å². The van der Waals surface area contributed by atoms with E-state index in [4.69, 9.17) is 11.1 Å². The number of amidine groups is 1. The molecule has 0 aliphatic heterocycles. The molecule has 0 aliphatic rings. The molecular formula is C4H7N5O. The van der Waals surface area contributed by atoms with E-state index in [9.17, 15) is 0 Å². The third-order valence-corrected chi connectivity index (χ3v) is 0.980. The Morgan fingerprint density at radius 3 is 2.80 bits per heavy atom. The molecule has 1 heterocycles. The van der Waals surface area contributed by atoms with Crippen LogP contribution in [0.5, 0.6) is 0 Å². The molecule has 0 fully saturated rings. The first-order valence-corrected chi connectivity index (χ1v) is 2.60. The van der Waals surface area contributed by atoms with E-state index >= 15 is 0 Å². The van der Waals surface area contributed by atoms with Crippen molar-refractivity contribution in [2.75, 3.05) is 12.4 Å². The van der Waals surface area contributed by atoms with E-state index in [2.05, 4.69) is 20.3 Å². The van der Waals surface area contributed by atoms with Gasteiger partial charge in [-0.2, -0.15) is 0 Å². The maximum atomic E-state index is 6.97. The summed E-state index contributed by atoms with van der Waals surface area (Å²) in [6, 6.07) is 0. The summed E-state index contributed by atoms with van der Waals surface area (Å²) < 4.78 is 4.31. The van der Waals surface area contributed by atoms with Crippen molar-refractivity contribution in [2.24, 2.45) is 5.73 Å². The number of anilines is 1. The summed E-state index contributed by atoms with van der Waals surface area (Å²) in [5, 5.41) is 16.5. The van der Waals surface area contributed by atoms with Gasteiger partial charge >= 0.3 is 0 Å². The van der Waals surface area contributed by atoms with Gasteiger partial charge in [-0.25, -0.2) is 4.63 Å². The van der Waals surface area contributed by atoms with Gasteiger partial charge in [-0.05, 0) is 10.3 Å². The number of nitrogens with zero attached hydrogens (tertiary/aromatic N) is 2. The lowest BCUT2D eigenvalue weighted by Gasteiger charge is -1.91. The molecule has 0 amide bonds. The molecule has 0 atom stereocenters. The van der Waals surface area contributed by atoms with Gasteiger partial charge in [-0.1, -0.05) is 0 Å². The van der Waals surface area contributed by atoms with Gasteiger partial charge in [0.25, 0.3) is 0 Å². The van der Waals surface area contributed by atoms with E-state index in [1.807, 2.05) is 0 Å². The summed E-state index contributed by atoms with van der Waals surface area (Å²) in [6.45, 7) is 0. The van der Waals surface area contributed by atoms with E-state index in [1.165, 1.54) is 0 Å². The van der Waals surface area contributed by atoms with E-state index in [0.717, 1.165) is 0 Å². The fourth-order valence-electron chi connectivity index (χ4n) is 0.529. The monoisotopic (exact) mass is 141 g/mol. The number of aromatic nitrogens is 2. The van der Waals surface area contributed by atoms with Crippen molar-refractivity contribution in [3.63, 3.8) is 0 Å². The Balaban J connectivity index is 3.01. The van der Waals surface area contributed by atoms with E-state index in [1.54, 1.807) is 7.05 Å². The number of hydrogen-bond acceptors (Lipinski definition) is 5. The number of hydrogen-bond donors (Lipinski definition) is 3. The van der Waals surface area contributed by atoms with E-state index in [0.29, 0.717) is 5.82 Å². The Labute approximate surface area is 56.9 Å². The lowest BCUT2D eigenvalue weighted by Crippen LogP contribution is -2.13. The van der Waals surface area contributed by atoms with E-state index < -0.39 is 0 Å². The molecule has 1 aromatic rings. The molecule has 0 unspecified atom stereocenters. The fourth-order valence-corrected chi connectivity index (χ4v) is 0.529. The number of rotatable bonds is 2. The van der Waals surface area contributed by atoms with E-state index in [-0.39, 0.29) is 11.5 Å². The molecule has 0 aliphatic carbocycles. The zero-order valence-electron chi connectivity index (χ0n) is 5.38. The third kappa shape index (κ3) is 0.903. The standard InChI is InChI=1S/C4H7N5O/c1-7-4-2(3(5)6)8-10-9-4/h1H3,(H3,5,6)(H,7,9). The van der Waals surface area contributed by atoms with Gasteiger partial charge < -0.3 is 11.1 Å². The van der Waals surface area contributed by atoms with Gasteiger partial charge in [-0.15, -0.1) is 0 Å². The second-order valence-corrected chi connectivity index (χ2v) is 1.63. The zero-order valence-corrected chi connectivity index (χ0v) is 5.38. The van der Waals surface area contributed by atoms with Crippen LogP contribution in [0.2, 0.25) is 0 Å². The Kier molecular flexibility index (Phi) is 1.53. The smallest absolute Gasteiger partial charge is 0.201 e. The van der Waals surface area contributed by atoms with Crippen molar-refractivity contribution in [3.8, 4) is 0 Å². The minimum atomic E-state index is -0.161. The summed E-state index contributed by atoms with van der Waals surface area (Å²) in [4.78, 5) is 0. The van der Waals surface area contributed by atoms with Crippen molar-refractivity contribution < 1.29 is 4.63 Å². The molecular weight excluding hydrogens is 134 g/mol. The first-order chi connectivity index (χ1) is 4.75. The SMILES string of the molecule is CNc1nonc1C(=N)N. The Hall–Kier alpha value is -1.59. The average Bonchev–Trinajstić information content (AvgIpc) is 2.33. The molecule has 0 spiro atoms. The molecule has 0 saturated heterocycles. The lowest BCUT2D eigenvalue weighted by atomic mass is 10.4. The van der Waals surface area contributed by atoms with Crippen LogP contribution in [-0.2, 0) is 0 Å². The molecule has 4 N–H and O–H groups in total. The summed E-state index contributed by atoms with van der Waals surface area (Å²) in [5.41, 5.74) is 5.35. The molecule has 1 aromatic heterocycles. The molecule has 54 valence electrons. The molecule has 0 bridgehead atoms. The van der Waals surface area contributed by atoms with Crippen LogP contribution >= 0.6 is 0 Å². The van der Waals surface area contributed by atoms with Gasteiger partial charge in [-0.3, -0.25) is 5.41 Å². The summed E-state index contributed by atoms with van der Waals surface area (Å²) in [7, 11) is 1.64. The normalized spacial score (nSPS) is 9.30. The number of nitrogens with two attached hydrogens (primary N) is 1. The van der Waals surface area contributed by atoms with Gasteiger partial charge in [0.05, 0.1) is 0 Å². The first kappa shape index (κ1) is 6.53. The summed E-state index contributed by atoms with van der Waals surface area (Å²) in [6.07, 6.45) is 0. The predicted octanol–water partition coefficient (Wildman–Crippen LogP) is -0.605. The van der Waals surface area contributed by atoms with Crippen LogP contribution in [0.25, 0.3) is 0 Å². The van der Waals surface area contributed by atoms with Gasteiger partial charge in [0.2, 0.25) is 5.82 Å². The quantitative estimate of drug-likeness (QED) is 0.377. The number of nitrogens with one attached hydrogen (secondary N) is 2. The van der Waals surface area contributed by atoms with Crippen LogP contribution < -0.4 is 11.1 Å². The molecule has 10 heavy (non-hydrogen) atoms. The van der Waals surface area contributed by atoms with Crippen molar-refractivity contribution in [1.29, 1.82) is 5.41 Å². The van der Waals surface area contributed by atoms with Gasteiger partial charge in [0.1, 0.15) is 5.84 Å². The van der Waals surface area contributed by atoms with Crippen LogP contribution in [-0.4, -0.2) is 23.2 Å². The lowest BCUT2D eigenvalue weighted by molar-refractivity contribution is 0.308. The Morgan fingerprint density at radius 2 is 2.40 bits per heavy atom. The molecule has 6 heteroatoms. The van der Waals surface area contributed by atoms with Crippen molar-refractivity contribution in [1.82, 2.24) is 10.3 Å². The minimum absolute atomic E-state index is 0.161. The second-order valence-electron chi connectivity index (χ2n) is 1.63. The Bertz CT molecular complexity index is 242.